The average Bonchev–Trinajstić information content (AvgIpc) is 2.34. The molecule has 2 heterocycles. The van der Waals surface area contributed by atoms with Crippen molar-refractivity contribution in [3.05, 3.63) is 18.2 Å². The number of nitrogens with zero attached hydrogens (tertiary/aromatic N) is 2. The molecule has 1 aromatic rings. The van der Waals surface area contributed by atoms with E-state index in [0.29, 0.717) is 11.5 Å². The standard InChI is InChI=1S/C5H6N5O/c6-5-9-3-2(4(11)10-5)7-1-8-3/h1,11H,(H,7,8)(H3,6,9,10). The Balaban J connectivity index is 2.45. The third-order valence-corrected chi connectivity index (χ3v) is 1.34. The molecule has 57 valence electrons. The molecule has 11 heavy (non-hydrogen) atoms. The zero-order chi connectivity index (χ0) is 7.84. The number of fused-ring (bicyclic) bond motifs is 1. The van der Waals surface area contributed by atoms with E-state index in [9.17, 15) is 0 Å². The van der Waals surface area contributed by atoms with Crippen molar-refractivity contribution in [2.45, 2.75) is 0 Å². The number of aliphatic hydroxyl groups excluding tert-OH is 1. The van der Waals surface area contributed by atoms with Gasteiger partial charge < -0.3 is 21.1 Å². The monoisotopic (exact) mass is 152 g/mol. The van der Waals surface area contributed by atoms with E-state index in [-0.39, 0.29) is 12.2 Å². The van der Waals surface area contributed by atoms with Crippen LogP contribution in [0.25, 0.3) is 0 Å². The van der Waals surface area contributed by atoms with E-state index in [4.69, 9.17) is 10.8 Å². The smallest absolute Gasteiger partial charge is 0.261 e. The van der Waals surface area contributed by atoms with Gasteiger partial charge in [-0.15, -0.1) is 0 Å². The first-order valence-corrected chi connectivity index (χ1v) is 2.98. The molecule has 0 fully saturated rings. The number of hydrogen-bond donors (Lipinski definition) is 4. The minimum absolute atomic E-state index is 0.141. The van der Waals surface area contributed by atoms with Gasteiger partial charge in [0.15, 0.2) is 11.8 Å². The number of aromatic nitrogens is 2. The number of nitrogens with two attached hydrogens (primary N) is 1. The summed E-state index contributed by atoms with van der Waals surface area (Å²) in [5.41, 5.74) is 5.76. The fourth-order valence-corrected chi connectivity index (χ4v) is 0.879. The van der Waals surface area contributed by atoms with Gasteiger partial charge in [-0.2, -0.15) is 0 Å². The topological polar surface area (TPSA) is 99.3 Å². The lowest BCUT2D eigenvalue weighted by atomic mass is 10.3. The molecule has 6 nitrogen and oxygen atoms in total. The molecule has 5 N–H and O–H groups in total. The molecule has 0 atom stereocenters. The van der Waals surface area contributed by atoms with Crippen LogP contribution in [0.2, 0.25) is 0 Å². The Kier molecular flexibility index (Phi) is 1.10. The summed E-state index contributed by atoms with van der Waals surface area (Å²) in [6.45, 7) is 0. The first-order chi connectivity index (χ1) is 5.27. The summed E-state index contributed by atoms with van der Waals surface area (Å²) in [7, 11) is 0. The van der Waals surface area contributed by atoms with Crippen LogP contribution < -0.4 is 11.1 Å². The van der Waals surface area contributed by atoms with Crippen LogP contribution in [-0.2, 0) is 0 Å². The van der Waals surface area contributed by atoms with Gasteiger partial charge in [-0.3, -0.25) is 0 Å². The van der Waals surface area contributed by atoms with Gasteiger partial charge in [0.1, 0.15) is 5.69 Å². The van der Waals surface area contributed by atoms with Crippen molar-refractivity contribution in [2.24, 2.45) is 10.7 Å². The highest BCUT2D eigenvalue weighted by atomic mass is 16.3. The first kappa shape index (κ1) is 6.17. The van der Waals surface area contributed by atoms with Crippen molar-refractivity contribution < 1.29 is 5.11 Å². The quantitative estimate of drug-likeness (QED) is 0.397. The third-order valence-electron chi connectivity index (χ3n) is 1.34. The highest BCUT2D eigenvalue weighted by Crippen LogP contribution is 2.21. The van der Waals surface area contributed by atoms with Crippen molar-refractivity contribution in [3.8, 4) is 0 Å². The van der Waals surface area contributed by atoms with Gasteiger partial charge in [0.2, 0.25) is 0 Å². The first-order valence-electron chi connectivity index (χ1n) is 2.98. The minimum Gasteiger partial charge on any atom is -0.370 e. The number of hydrogen-bond acceptors (Lipinski definition) is 5. The van der Waals surface area contributed by atoms with Gasteiger partial charge in [-0.05, 0) is 0 Å². The number of imidazole rings is 1. The van der Waals surface area contributed by atoms with Crippen molar-refractivity contribution in [3.63, 3.8) is 0 Å². The van der Waals surface area contributed by atoms with Crippen LogP contribution in [0.15, 0.2) is 11.3 Å². The molecule has 0 unspecified atom stereocenters. The molecule has 0 aliphatic carbocycles. The van der Waals surface area contributed by atoms with Crippen molar-refractivity contribution in [1.82, 2.24) is 9.97 Å². The summed E-state index contributed by atoms with van der Waals surface area (Å²) < 4.78 is 0. The van der Waals surface area contributed by atoms with Crippen LogP contribution >= 0.6 is 0 Å². The second kappa shape index (κ2) is 1.96. The number of aromatic amines is 1. The molecule has 1 radical (unpaired) electrons. The zero-order valence-electron chi connectivity index (χ0n) is 5.50. The Morgan fingerprint density at radius 3 is 3.18 bits per heavy atom. The summed E-state index contributed by atoms with van der Waals surface area (Å²) >= 11 is 0. The van der Waals surface area contributed by atoms with Crippen LogP contribution in [0.3, 0.4) is 0 Å². The summed E-state index contributed by atoms with van der Waals surface area (Å²) in [5.74, 6) is 0.636. The number of anilines is 1. The summed E-state index contributed by atoms with van der Waals surface area (Å²) in [4.78, 5) is 10.1. The van der Waals surface area contributed by atoms with Gasteiger partial charge in [0, 0.05) is 0 Å². The van der Waals surface area contributed by atoms with E-state index in [0.717, 1.165) is 0 Å². The van der Waals surface area contributed by atoms with E-state index >= 15 is 0 Å². The Hall–Kier alpha value is -1.56. The molecule has 1 aliphatic heterocycles. The molecule has 0 spiro atoms. The maximum absolute atomic E-state index is 9.16. The van der Waals surface area contributed by atoms with E-state index in [2.05, 4.69) is 20.3 Å². The van der Waals surface area contributed by atoms with E-state index in [1.54, 1.807) is 0 Å². The molecule has 0 saturated carbocycles. The predicted octanol–water partition coefficient (Wildman–Crippen LogP) is -0.640. The van der Waals surface area contributed by atoms with E-state index in [1.807, 2.05) is 0 Å². The van der Waals surface area contributed by atoms with Crippen molar-refractivity contribution in [2.75, 3.05) is 5.32 Å². The number of rotatable bonds is 0. The number of H-pyrrole nitrogens is 1. The number of guanidine groups is 1. The van der Waals surface area contributed by atoms with Crippen molar-refractivity contribution in [1.29, 1.82) is 0 Å². The fraction of sp³-hybridized carbons (Fsp3) is 0. The zero-order valence-corrected chi connectivity index (χ0v) is 5.50. The van der Waals surface area contributed by atoms with Crippen LogP contribution in [0, 0.1) is 6.23 Å². The normalized spacial score (nSPS) is 17.0. The Bertz CT molecular complexity index is 304. The SMILES string of the molecule is NC1=N[C](O)c2[nH]cnc2N1. The maximum Gasteiger partial charge on any atom is 0.261 e. The maximum atomic E-state index is 9.16. The lowest BCUT2D eigenvalue weighted by Gasteiger charge is -2.12. The van der Waals surface area contributed by atoms with Crippen molar-refractivity contribution >= 4 is 11.8 Å². The molecule has 0 amide bonds. The highest BCUT2D eigenvalue weighted by Gasteiger charge is 2.21. The molecule has 6 heteroatoms. The Labute approximate surface area is 62.2 Å². The largest absolute Gasteiger partial charge is 0.370 e. The highest BCUT2D eigenvalue weighted by molar-refractivity contribution is 5.94. The lowest BCUT2D eigenvalue weighted by molar-refractivity contribution is 0.327. The molecule has 0 aromatic carbocycles. The molecule has 0 saturated heterocycles. The summed E-state index contributed by atoms with van der Waals surface area (Å²) in [6, 6.07) is 0. The minimum atomic E-state index is -0.145. The number of aliphatic imine (C=N–C) groups is 1. The number of aliphatic hydroxyl groups is 1. The fourth-order valence-electron chi connectivity index (χ4n) is 0.879. The summed E-state index contributed by atoms with van der Waals surface area (Å²) in [6.07, 6.45) is 1.30. The van der Waals surface area contributed by atoms with Gasteiger partial charge in [-0.1, -0.05) is 0 Å². The molecular formula is C5H6N5O. The Morgan fingerprint density at radius 1 is 1.55 bits per heavy atom. The van der Waals surface area contributed by atoms with Crippen LogP contribution in [0.5, 0.6) is 0 Å². The van der Waals surface area contributed by atoms with Gasteiger partial charge in [0.05, 0.1) is 6.33 Å². The van der Waals surface area contributed by atoms with Crippen LogP contribution in [0.4, 0.5) is 5.82 Å². The second-order valence-corrected chi connectivity index (χ2v) is 2.07. The van der Waals surface area contributed by atoms with Crippen LogP contribution in [0.1, 0.15) is 5.69 Å². The molecule has 0 bridgehead atoms. The van der Waals surface area contributed by atoms with Gasteiger partial charge in [-0.25, -0.2) is 9.98 Å². The van der Waals surface area contributed by atoms with Gasteiger partial charge in [0.25, 0.3) is 6.23 Å². The molecular weight excluding hydrogens is 146 g/mol. The molecule has 2 rings (SSSR count). The Morgan fingerprint density at radius 2 is 2.36 bits per heavy atom. The van der Waals surface area contributed by atoms with Gasteiger partial charge >= 0.3 is 0 Å². The average molecular weight is 152 g/mol. The predicted molar refractivity (Wildman–Crippen MR) is 38.1 cm³/mol. The molecule has 1 aliphatic rings. The summed E-state index contributed by atoms with van der Waals surface area (Å²) in [5, 5.41) is 11.8. The van der Waals surface area contributed by atoms with Crippen LogP contribution in [-0.4, -0.2) is 21.0 Å². The van der Waals surface area contributed by atoms with E-state index in [1.165, 1.54) is 6.33 Å². The lowest BCUT2D eigenvalue weighted by Crippen LogP contribution is -2.28. The van der Waals surface area contributed by atoms with E-state index < -0.39 is 0 Å². The molecule has 1 aromatic heterocycles. The number of nitrogens with one attached hydrogen (secondary N) is 2. The third kappa shape index (κ3) is 0.838. The second-order valence-electron chi connectivity index (χ2n) is 2.07.